The molecule has 0 aliphatic carbocycles. The van der Waals surface area contributed by atoms with Gasteiger partial charge in [-0.3, -0.25) is 0 Å². The summed E-state index contributed by atoms with van der Waals surface area (Å²) in [6, 6.07) is 7.42. The van der Waals surface area contributed by atoms with Crippen molar-refractivity contribution in [3.63, 3.8) is 0 Å². The van der Waals surface area contributed by atoms with Crippen molar-refractivity contribution in [2.24, 2.45) is 0 Å². The molecule has 0 amide bonds. The zero-order valence-electron chi connectivity index (χ0n) is 14.4. The monoisotopic (exact) mass is 366 g/mol. The second-order valence-corrected chi connectivity index (χ2v) is 7.59. The van der Waals surface area contributed by atoms with Gasteiger partial charge in [0, 0.05) is 0 Å². The van der Waals surface area contributed by atoms with Gasteiger partial charge in [0.15, 0.2) is 5.75 Å². The zero-order valence-corrected chi connectivity index (χ0v) is 15.2. The van der Waals surface area contributed by atoms with Crippen LogP contribution >= 0.6 is 0 Å². The molecule has 1 aromatic carbocycles. The van der Waals surface area contributed by atoms with Crippen molar-refractivity contribution >= 4 is 39.7 Å². The summed E-state index contributed by atoms with van der Waals surface area (Å²) in [6.45, 7) is 4.01. The van der Waals surface area contributed by atoms with E-state index in [4.69, 9.17) is 4.89 Å². The molecule has 0 aliphatic heterocycles. The predicted molar refractivity (Wildman–Crippen MR) is 101 cm³/mol. The molecular weight excluding hydrogens is 335 g/mol. The van der Waals surface area contributed by atoms with E-state index in [9.17, 15) is 8.42 Å². The van der Waals surface area contributed by atoms with E-state index in [1.54, 1.807) is 19.1 Å². The summed E-state index contributed by atoms with van der Waals surface area (Å²) in [5.74, 6) is 0.372. The van der Waals surface area contributed by atoms with Gasteiger partial charge in [0.25, 0.3) is 0 Å². The van der Waals surface area contributed by atoms with E-state index in [0.717, 1.165) is 6.42 Å². The average molecular weight is 366 g/mol. The second-order valence-electron chi connectivity index (χ2n) is 5.93. The minimum atomic E-state index is -3.59. The van der Waals surface area contributed by atoms with Gasteiger partial charge in [0.05, 0.1) is 5.75 Å². The Morgan fingerprint density at radius 2 is 1.42 bits per heavy atom. The molecule has 0 atom stereocenters. The van der Waals surface area contributed by atoms with E-state index in [1.165, 1.54) is 50.5 Å². The first-order valence-corrected chi connectivity index (χ1v) is 10.3. The van der Waals surface area contributed by atoms with E-state index in [2.05, 4.69) is 11.3 Å². The molecule has 0 bridgehead atoms. The van der Waals surface area contributed by atoms with Gasteiger partial charge in [0.1, 0.15) is 0 Å². The van der Waals surface area contributed by atoms with Crippen molar-refractivity contribution < 1.29 is 17.6 Å². The van der Waals surface area contributed by atoms with Crippen LogP contribution in [0.3, 0.4) is 0 Å². The van der Waals surface area contributed by atoms with E-state index in [0.29, 0.717) is 12.2 Å². The normalized spacial score (nSPS) is 11.1. The molecule has 1 rings (SSSR count). The van der Waals surface area contributed by atoms with Crippen LogP contribution in [0.2, 0.25) is 0 Å². The molecule has 0 aliphatic rings. The molecule has 0 unspecified atom stereocenters. The summed E-state index contributed by atoms with van der Waals surface area (Å²) < 4.78 is 27.3. The summed E-state index contributed by atoms with van der Waals surface area (Å²) in [7, 11) is -3.59. The molecular formula is C18H31NaO4S. The first-order chi connectivity index (χ1) is 11.1. The van der Waals surface area contributed by atoms with Crippen LogP contribution in [-0.4, -0.2) is 43.7 Å². The van der Waals surface area contributed by atoms with Gasteiger partial charge in [-0.25, -0.2) is 0 Å². The Bertz CT molecular complexity index is 514. The SMILES string of the molecule is CCCCCCCCCc1ccc(OOS(=O)(=O)CCC)cc1.[NaH]. The van der Waals surface area contributed by atoms with Gasteiger partial charge in [-0.1, -0.05) is 68.8 Å². The van der Waals surface area contributed by atoms with Gasteiger partial charge < -0.3 is 4.89 Å². The Balaban J connectivity index is 0.00000529. The fraction of sp³-hybridized carbons (Fsp3) is 0.667. The molecule has 4 nitrogen and oxygen atoms in total. The van der Waals surface area contributed by atoms with Crippen LogP contribution < -0.4 is 4.89 Å². The van der Waals surface area contributed by atoms with Crippen molar-refractivity contribution in [1.29, 1.82) is 0 Å². The maximum atomic E-state index is 11.4. The topological polar surface area (TPSA) is 52.6 Å². The number of rotatable bonds is 13. The molecule has 24 heavy (non-hydrogen) atoms. The van der Waals surface area contributed by atoms with Gasteiger partial charge in [0.2, 0.25) is 0 Å². The molecule has 0 heterocycles. The van der Waals surface area contributed by atoms with Crippen molar-refractivity contribution in [3.8, 4) is 5.75 Å². The summed E-state index contributed by atoms with van der Waals surface area (Å²) in [5, 5.41) is 0. The Kier molecular flexibility index (Phi) is 14.1. The molecule has 1 aromatic rings. The Morgan fingerprint density at radius 1 is 0.833 bits per heavy atom. The van der Waals surface area contributed by atoms with Gasteiger partial charge in [-0.2, -0.15) is 8.42 Å². The van der Waals surface area contributed by atoms with Gasteiger partial charge in [-0.05, 0) is 37.0 Å². The van der Waals surface area contributed by atoms with Crippen LogP contribution in [0.5, 0.6) is 5.75 Å². The van der Waals surface area contributed by atoms with Gasteiger partial charge >= 0.3 is 39.7 Å². The molecule has 0 saturated heterocycles. The maximum absolute atomic E-state index is 11.4. The van der Waals surface area contributed by atoms with E-state index in [-0.39, 0.29) is 35.3 Å². The number of hydrogen-bond donors (Lipinski definition) is 0. The van der Waals surface area contributed by atoms with Crippen molar-refractivity contribution in [2.75, 3.05) is 5.75 Å². The van der Waals surface area contributed by atoms with Crippen molar-refractivity contribution in [2.45, 2.75) is 71.6 Å². The van der Waals surface area contributed by atoms with E-state index < -0.39 is 10.1 Å². The number of benzene rings is 1. The van der Waals surface area contributed by atoms with Crippen molar-refractivity contribution in [3.05, 3.63) is 29.8 Å². The van der Waals surface area contributed by atoms with Crippen LogP contribution in [0.1, 0.15) is 70.8 Å². The Labute approximate surface area is 169 Å². The molecule has 134 valence electrons. The van der Waals surface area contributed by atoms with Crippen molar-refractivity contribution in [1.82, 2.24) is 0 Å². The summed E-state index contributed by atoms with van der Waals surface area (Å²) in [4.78, 5) is 4.87. The van der Waals surface area contributed by atoms with Crippen LogP contribution in [0, 0.1) is 0 Å². The van der Waals surface area contributed by atoms with Crippen LogP contribution in [0.4, 0.5) is 0 Å². The first-order valence-electron chi connectivity index (χ1n) is 8.75. The molecule has 0 fully saturated rings. The predicted octanol–water partition coefficient (Wildman–Crippen LogP) is 4.38. The van der Waals surface area contributed by atoms with E-state index in [1.807, 2.05) is 12.1 Å². The minimum absolute atomic E-state index is 0. The van der Waals surface area contributed by atoms with E-state index >= 15 is 0 Å². The third-order valence-electron chi connectivity index (χ3n) is 3.68. The third kappa shape index (κ3) is 11.5. The summed E-state index contributed by atoms with van der Waals surface area (Å²) in [5.41, 5.74) is 1.24. The third-order valence-corrected chi connectivity index (χ3v) is 4.86. The summed E-state index contributed by atoms with van der Waals surface area (Å²) >= 11 is 0. The fourth-order valence-corrected chi connectivity index (χ4v) is 3.12. The molecule has 0 spiro atoms. The molecule has 0 saturated carbocycles. The average Bonchev–Trinajstić information content (AvgIpc) is 2.53. The van der Waals surface area contributed by atoms with Crippen LogP contribution in [-0.2, 0) is 20.9 Å². The standard InChI is InChI=1S/C18H30O4S.Na.H/c1-3-5-6-7-8-9-10-11-17-12-14-18(15-13-17)21-22-23(19,20)16-4-2;;/h12-15H,3-11,16H2,1-2H3;;. The van der Waals surface area contributed by atoms with Gasteiger partial charge in [-0.15, -0.1) is 0 Å². The number of aryl methyl sites for hydroxylation is 1. The molecule has 0 aromatic heterocycles. The summed E-state index contributed by atoms with van der Waals surface area (Å²) in [6.07, 6.45) is 10.6. The molecule has 0 N–H and O–H groups in total. The van der Waals surface area contributed by atoms with Crippen LogP contribution in [0.15, 0.2) is 24.3 Å². The molecule has 0 radical (unpaired) electrons. The fourth-order valence-electron chi connectivity index (χ4n) is 2.37. The zero-order chi connectivity index (χ0) is 17.0. The quantitative estimate of drug-likeness (QED) is 0.225. The number of unbranched alkanes of at least 4 members (excludes halogenated alkanes) is 6. The Hall–Kier alpha value is -0.0700. The Morgan fingerprint density at radius 3 is 2.00 bits per heavy atom. The molecule has 6 heteroatoms. The number of hydrogen-bond acceptors (Lipinski definition) is 4. The second kappa shape index (κ2) is 14.1. The first kappa shape index (κ1) is 23.9. The van der Waals surface area contributed by atoms with Crippen LogP contribution in [0.25, 0.3) is 0 Å².